The quantitative estimate of drug-likeness (QED) is 0.751. The molecule has 0 spiro atoms. The molecule has 1 aliphatic heterocycles. The Labute approximate surface area is 149 Å². The molecule has 1 saturated heterocycles. The minimum atomic E-state index is -0.726. The lowest BCUT2D eigenvalue weighted by Crippen LogP contribution is -2.38. The van der Waals surface area contributed by atoms with Gasteiger partial charge in [0.15, 0.2) is 0 Å². The summed E-state index contributed by atoms with van der Waals surface area (Å²) in [6.07, 6.45) is 2.60. The lowest BCUT2D eigenvalue weighted by atomic mass is 10.1. The van der Waals surface area contributed by atoms with E-state index in [2.05, 4.69) is 11.1 Å². The van der Waals surface area contributed by atoms with Crippen molar-refractivity contribution < 1.29 is 9.53 Å². The first-order chi connectivity index (χ1) is 12.6. The Morgan fingerprint density at radius 3 is 2.73 bits per heavy atom. The summed E-state index contributed by atoms with van der Waals surface area (Å²) in [5, 5.41) is 18.5. The van der Waals surface area contributed by atoms with Crippen LogP contribution in [0.2, 0.25) is 0 Å². The fourth-order valence-electron chi connectivity index (χ4n) is 2.85. The number of pyridine rings is 2. The van der Waals surface area contributed by atoms with Crippen molar-refractivity contribution in [2.75, 3.05) is 24.6 Å². The highest BCUT2D eigenvalue weighted by Crippen LogP contribution is 2.25. The van der Waals surface area contributed by atoms with Gasteiger partial charge in [-0.2, -0.15) is 10.5 Å². The number of esters is 1. The molecule has 0 aromatic carbocycles. The maximum absolute atomic E-state index is 12.8. The minimum absolute atomic E-state index is 0.125. The first kappa shape index (κ1) is 17.4. The van der Waals surface area contributed by atoms with Gasteiger partial charge in [-0.25, -0.2) is 9.78 Å². The van der Waals surface area contributed by atoms with E-state index in [0.717, 1.165) is 19.5 Å². The zero-order valence-corrected chi connectivity index (χ0v) is 14.4. The number of anilines is 1. The minimum Gasteiger partial charge on any atom is -0.462 e. The van der Waals surface area contributed by atoms with Crippen LogP contribution in [0, 0.1) is 22.7 Å². The van der Waals surface area contributed by atoms with Crippen molar-refractivity contribution in [3.63, 3.8) is 0 Å². The van der Waals surface area contributed by atoms with Gasteiger partial charge < -0.3 is 14.2 Å². The number of carbonyl (C=O) groups excluding carboxylic acids is 1. The molecule has 0 N–H and O–H groups in total. The van der Waals surface area contributed by atoms with E-state index in [1.165, 1.54) is 12.3 Å². The van der Waals surface area contributed by atoms with Crippen LogP contribution in [0.5, 0.6) is 0 Å². The zero-order valence-electron chi connectivity index (χ0n) is 14.4. The molecule has 0 bridgehead atoms. The maximum Gasteiger partial charge on any atom is 0.343 e. The normalized spacial score (nSPS) is 13.0. The van der Waals surface area contributed by atoms with Crippen LogP contribution in [-0.2, 0) is 11.3 Å². The van der Waals surface area contributed by atoms with E-state index in [0.29, 0.717) is 17.0 Å². The number of aryl methyl sites for hydroxylation is 1. The molecular weight excluding hydrogens is 334 g/mol. The third-order valence-corrected chi connectivity index (χ3v) is 4.26. The molecular formula is C18H17N5O3. The highest BCUT2D eigenvalue weighted by atomic mass is 16.5. The van der Waals surface area contributed by atoms with Gasteiger partial charge in [-0.15, -0.1) is 0 Å². The molecule has 0 atom stereocenters. The molecule has 3 heterocycles. The Morgan fingerprint density at radius 1 is 1.38 bits per heavy atom. The number of hydrogen-bond donors (Lipinski definition) is 0. The Kier molecular flexibility index (Phi) is 4.85. The van der Waals surface area contributed by atoms with Gasteiger partial charge in [-0.05, 0) is 19.4 Å². The van der Waals surface area contributed by atoms with Crippen molar-refractivity contribution in [1.29, 1.82) is 10.5 Å². The molecule has 8 nitrogen and oxygen atoms in total. The molecule has 1 aliphatic rings. The Hall–Kier alpha value is -3.39. The van der Waals surface area contributed by atoms with Gasteiger partial charge in [0.1, 0.15) is 23.1 Å². The van der Waals surface area contributed by atoms with Gasteiger partial charge in [0.2, 0.25) is 5.43 Å². The van der Waals surface area contributed by atoms with Crippen LogP contribution >= 0.6 is 0 Å². The van der Waals surface area contributed by atoms with E-state index in [1.54, 1.807) is 11.5 Å². The van der Waals surface area contributed by atoms with Crippen LogP contribution in [0.25, 0.3) is 11.0 Å². The Balaban J connectivity index is 2.27. The number of hydrogen-bond acceptors (Lipinski definition) is 7. The second-order valence-electron chi connectivity index (χ2n) is 5.88. The van der Waals surface area contributed by atoms with Crippen molar-refractivity contribution in [3.05, 3.63) is 33.6 Å². The molecule has 2 aromatic heterocycles. The fraction of sp³-hybridized carbons (Fsp3) is 0.389. The van der Waals surface area contributed by atoms with Crippen molar-refractivity contribution in [3.8, 4) is 12.1 Å². The number of ether oxygens (including phenoxy) is 1. The highest BCUT2D eigenvalue weighted by Gasteiger charge is 2.23. The van der Waals surface area contributed by atoms with E-state index >= 15 is 0 Å². The second-order valence-corrected chi connectivity index (χ2v) is 5.88. The molecule has 1 fully saturated rings. The molecule has 132 valence electrons. The molecule has 0 unspecified atom stereocenters. The zero-order chi connectivity index (χ0) is 18.7. The van der Waals surface area contributed by atoms with Gasteiger partial charge in [0.05, 0.1) is 30.0 Å². The average Bonchev–Trinajstić information content (AvgIpc) is 2.59. The lowest BCUT2D eigenvalue weighted by Gasteiger charge is -2.32. The summed E-state index contributed by atoms with van der Waals surface area (Å²) < 4.78 is 6.56. The van der Waals surface area contributed by atoms with Crippen molar-refractivity contribution in [2.45, 2.75) is 26.3 Å². The van der Waals surface area contributed by atoms with Crippen LogP contribution in [0.1, 0.15) is 35.7 Å². The summed E-state index contributed by atoms with van der Waals surface area (Å²) in [4.78, 5) is 31.4. The molecule has 0 radical (unpaired) electrons. The fourth-order valence-corrected chi connectivity index (χ4v) is 2.85. The lowest BCUT2D eigenvalue weighted by molar-refractivity contribution is 0.0524. The first-order valence-corrected chi connectivity index (χ1v) is 8.38. The van der Waals surface area contributed by atoms with E-state index in [-0.39, 0.29) is 30.5 Å². The molecule has 3 rings (SSSR count). The van der Waals surface area contributed by atoms with Crippen molar-refractivity contribution in [1.82, 2.24) is 9.55 Å². The maximum atomic E-state index is 12.8. The van der Waals surface area contributed by atoms with Crippen molar-refractivity contribution >= 4 is 22.8 Å². The van der Waals surface area contributed by atoms with Crippen LogP contribution in [0.3, 0.4) is 0 Å². The van der Waals surface area contributed by atoms with Crippen LogP contribution in [0.15, 0.2) is 17.1 Å². The van der Waals surface area contributed by atoms with E-state index in [9.17, 15) is 14.9 Å². The van der Waals surface area contributed by atoms with E-state index in [4.69, 9.17) is 10.00 Å². The standard InChI is InChI=1S/C18H17N5O3/c1-2-26-18(25)14-11-23(6-3-5-19)17-13(15(14)24)9-12(10-20)16(21-17)22-7-4-8-22/h9,11H,2-4,6-8H2,1H3. The summed E-state index contributed by atoms with van der Waals surface area (Å²) >= 11 is 0. The van der Waals surface area contributed by atoms with Gasteiger partial charge in [0, 0.05) is 25.8 Å². The van der Waals surface area contributed by atoms with Crippen molar-refractivity contribution in [2.24, 2.45) is 0 Å². The molecule has 0 aliphatic carbocycles. The van der Waals surface area contributed by atoms with E-state index < -0.39 is 11.4 Å². The number of rotatable bonds is 5. The van der Waals surface area contributed by atoms with Crippen LogP contribution in [0.4, 0.5) is 5.82 Å². The largest absolute Gasteiger partial charge is 0.462 e. The summed E-state index contributed by atoms with van der Waals surface area (Å²) in [5.74, 6) is -0.198. The van der Waals surface area contributed by atoms with Crippen LogP contribution < -0.4 is 10.3 Å². The third-order valence-electron chi connectivity index (χ3n) is 4.26. The topological polar surface area (TPSA) is 112 Å². The van der Waals surface area contributed by atoms with E-state index in [1.807, 2.05) is 11.0 Å². The van der Waals surface area contributed by atoms with Crippen LogP contribution in [-0.4, -0.2) is 35.2 Å². The SMILES string of the molecule is CCOC(=O)c1cn(CCC#N)c2nc(N3CCC3)c(C#N)cc2c1=O. The summed E-state index contributed by atoms with van der Waals surface area (Å²) in [7, 11) is 0. The number of fused-ring (bicyclic) bond motifs is 1. The summed E-state index contributed by atoms with van der Waals surface area (Å²) in [6.45, 7) is 3.68. The summed E-state index contributed by atoms with van der Waals surface area (Å²) in [5.41, 5.74) is 0.00633. The number of nitriles is 2. The Bertz CT molecular complexity index is 1010. The van der Waals surface area contributed by atoms with Gasteiger partial charge >= 0.3 is 5.97 Å². The molecule has 0 saturated carbocycles. The predicted molar refractivity (Wildman–Crippen MR) is 93.7 cm³/mol. The summed E-state index contributed by atoms with van der Waals surface area (Å²) in [6, 6.07) is 5.60. The first-order valence-electron chi connectivity index (χ1n) is 8.38. The monoisotopic (exact) mass is 351 g/mol. The molecule has 8 heteroatoms. The number of aromatic nitrogens is 2. The Morgan fingerprint density at radius 2 is 2.15 bits per heavy atom. The third kappa shape index (κ3) is 2.98. The number of nitrogens with zero attached hydrogens (tertiary/aromatic N) is 5. The van der Waals surface area contributed by atoms with Gasteiger partial charge in [-0.1, -0.05) is 0 Å². The molecule has 0 amide bonds. The number of carbonyl (C=O) groups is 1. The predicted octanol–water partition coefficient (Wildman–Crippen LogP) is 1.57. The second kappa shape index (κ2) is 7.24. The van der Waals surface area contributed by atoms with Gasteiger partial charge in [-0.3, -0.25) is 4.79 Å². The highest BCUT2D eigenvalue weighted by molar-refractivity contribution is 5.93. The smallest absolute Gasteiger partial charge is 0.343 e. The average molecular weight is 351 g/mol. The molecule has 26 heavy (non-hydrogen) atoms. The molecule has 2 aromatic rings. The van der Waals surface area contributed by atoms with Gasteiger partial charge in [0.25, 0.3) is 0 Å².